The average molecular weight is 252 g/mol. The molecule has 2 saturated heterocycles. The van der Waals surface area contributed by atoms with E-state index in [0.29, 0.717) is 24.9 Å². The minimum absolute atomic E-state index is 0.104. The quantitative estimate of drug-likeness (QED) is 0.763. The normalized spacial score (nSPS) is 28.9. The highest BCUT2D eigenvalue weighted by Crippen LogP contribution is 2.24. The number of ketones is 1. The van der Waals surface area contributed by atoms with E-state index >= 15 is 0 Å². The van der Waals surface area contributed by atoms with Gasteiger partial charge in [-0.2, -0.15) is 0 Å². The first kappa shape index (κ1) is 13.5. The highest BCUT2D eigenvalue weighted by molar-refractivity contribution is 5.83. The van der Waals surface area contributed by atoms with E-state index in [1.165, 1.54) is 25.8 Å². The fraction of sp³-hybridized carbons (Fsp3) is 0.857. The van der Waals surface area contributed by atoms with Gasteiger partial charge in [0.25, 0.3) is 0 Å². The number of hydrogen-bond acceptors (Lipinski definition) is 3. The van der Waals surface area contributed by atoms with Crippen molar-refractivity contribution in [2.24, 2.45) is 0 Å². The third-order valence-corrected chi connectivity index (χ3v) is 4.20. The number of piperazine rings is 1. The van der Waals surface area contributed by atoms with Crippen LogP contribution in [0.4, 0.5) is 0 Å². The molecule has 0 radical (unpaired) electrons. The van der Waals surface area contributed by atoms with Gasteiger partial charge >= 0.3 is 0 Å². The molecule has 2 heterocycles. The van der Waals surface area contributed by atoms with Crippen molar-refractivity contribution in [2.75, 3.05) is 19.6 Å². The lowest BCUT2D eigenvalue weighted by Gasteiger charge is -2.47. The predicted molar refractivity (Wildman–Crippen MR) is 70.3 cm³/mol. The molecule has 2 rings (SSSR count). The summed E-state index contributed by atoms with van der Waals surface area (Å²) >= 11 is 0. The second-order valence-corrected chi connectivity index (χ2v) is 5.74. The lowest BCUT2D eigenvalue weighted by molar-refractivity contribution is -0.139. The van der Waals surface area contributed by atoms with Crippen molar-refractivity contribution >= 4 is 11.7 Å². The number of carbonyl (C=O) groups is 2. The number of Topliss-reactive ketones (excluding diaryl/α,β-unsaturated/α-hetero) is 1. The number of amides is 1. The molecular formula is C14H24N2O2. The minimum atomic E-state index is 0.104. The molecule has 0 aromatic rings. The Morgan fingerprint density at radius 3 is 2.67 bits per heavy atom. The van der Waals surface area contributed by atoms with Crippen LogP contribution in [0.2, 0.25) is 0 Å². The van der Waals surface area contributed by atoms with Gasteiger partial charge in [0.1, 0.15) is 5.78 Å². The number of nitrogens with zero attached hydrogens (tertiary/aromatic N) is 2. The number of rotatable bonds is 3. The third-order valence-electron chi connectivity index (χ3n) is 4.20. The van der Waals surface area contributed by atoms with Crippen molar-refractivity contribution in [3.63, 3.8) is 0 Å². The SMILES string of the molecule is CC(=O)CCC(=O)N1CC2CCCCN2CC1C. The van der Waals surface area contributed by atoms with Crippen LogP contribution in [-0.2, 0) is 9.59 Å². The summed E-state index contributed by atoms with van der Waals surface area (Å²) in [6, 6.07) is 0.843. The summed E-state index contributed by atoms with van der Waals surface area (Å²) in [6.45, 7) is 6.71. The van der Waals surface area contributed by atoms with Gasteiger partial charge in [0, 0.05) is 38.0 Å². The highest BCUT2D eigenvalue weighted by atomic mass is 16.2. The Morgan fingerprint density at radius 1 is 1.17 bits per heavy atom. The maximum Gasteiger partial charge on any atom is 0.223 e. The van der Waals surface area contributed by atoms with Crippen LogP contribution in [0.1, 0.15) is 46.0 Å². The Labute approximate surface area is 109 Å². The van der Waals surface area contributed by atoms with E-state index in [1.807, 2.05) is 4.90 Å². The second kappa shape index (κ2) is 5.83. The zero-order valence-electron chi connectivity index (χ0n) is 11.5. The zero-order valence-corrected chi connectivity index (χ0v) is 11.5. The first-order chi connectivity index (χ1) is 8.58. The first-order valence-corrected chi connectivity index (χ1v) is 7.11. The second-order valence-electron chi connectivity index (χ2n) is 5.74. The number of piperidine rings is 1. The Kier molecular flexibility index (Phi) is 4.38. The Balaban J connectivity index is 1.91. The molecule has 2 aliphatic heterocycles. The lowest BCUT2D eigenvalue weighted by atomic mass is 9.97. The molecular weight excluding hydrogens is 228 g/mol. The van der Waals surface area contributed by atoms with E-state index in [4.69, 9.17) is 0 Å². The van der Waals surface area contributed by atoms with Gasteiger partial charge in [-0.3, -0.25) is 9.69 Å². The van der Waals surface area contributed by atoms with Crippen molar-refractivity contribution in [1.82, 2.24) is 9.80 Å². The van der Waals surface area contributed by atoms with Crippen LogP contribution < -0.4 is 0 Å². The van der Waals surface area contributed by atoms with E-state index in [2.05, 4.69) is 11.8 Å². The Bertz CT molecular complexity index is 330. The maximum absolute atomic E-state index is 12.1. The van der Waals surface area contributed by atoms with Crippen molar-refractivity contribution < 1.29 is 9.59 Å². The molecule has 0 N–H and O–H groups in total. The smallest absolute Gasteiger partial charge is 0.223 e. The summed E-state index contributed by atoms with van der Waals surface area (Å²) in [4.78, 5) is 27.6. The number of fused-ring (bicyclic) bond motifs is 1. The molecule has 2 aliphatic rings. The van der Waals surface area contributed by atoms with Crippen LogP contribution in [-0.4, -0.2) is 53.2 Å². The molecule has 2 unspecified atom stereocenters. The summed E-state index contributed by atoms with van der Waals surface area (Å²) in [6.07, 6.45) is 4.55. The van der Waals surface area contributed by atoms with Crippen molar-refractivity contribution in [3.8, 4) is 0 Å². The monoisotopic (exact) mass is 252 g/mol. The van der Waals surface area contributed by atoms with Gasteiger partial charge in [-0.1, -0.05) is 6.42 Å². The molecule has 4 nitrogen and oxygen atoms in total. The van der Waals surface area contributed by atoms with Crippen LogP contribution in [0.25, 0.3) is 0 Å². The fourth-order valence-corrected chi connectivity index (χ4v) is 3.13. The van der Waals surface area contributed by atoms with E-state index in [0.717, 1.165) is 13.1 Å². The van der Waals surface area contributed by atoms with E-state index in [1.54, 1.807) is 6.92 Å². The van der Waals surface area contributed by atoms with E-state index in [9.17, 15) is 9.59 Å². The number of hydrogen-bond donors (Lipinski definition) is 0. The van der Waals surface area contributed by atoms with Gasteiger partial charge < -0.3 is 9.69 Å². The molecule has 102 valence electrons. The summed E-state index contributed by atoms with van der Waals surface area (Å²) in [5.74, 6) is 0.259. The molecule has 0 bridgehead atoms. The molecule has 0 saturated carbocycles. The van der Waals surface area contributed by atoms with Crippen molar-refractivity contribution in [1.29, 1.82) is 0 Å². The number of carbonyl (C=O) groups excluding carboxylic acids is 2. The largest absolute Gasteiger partial charge is 0.337 e. The average Bonchev–Trinajstić information content (AvgIpc) is 2.35. The van der Waals surface area contributed by atoms with Crippen LogP contribution in [0.3, 0.4) is 0 Å². The summed E-state index contributed by atoms with van der Waals surface area (Å²) in [5, 5.41) is 0. The van der Waals surface area contributed by atoms with Gasteiger partial charge in [-0.15, -0.1) is 0 Å². The summed E-state index contributed by atoms with van der Waals surface area (Å²) in [5.41, 5.74) is 0. The van der Waals surface area contributed by atoms with Gasteiger partial charge in [0.2, 0.25) is 5.91 Å². The topological polar surface area (TPSA) is 40.6 Å². The van der Waals surface area contributed by atoms with Crippen LogP contribution in [0, 0.1) is 0 Å². The van der Waals surface area contributed by atoms with E-state index < -0.39 is 0 Å². The Morgan fingerprint density at radius 2 is 1.94 bits per heavy atom. The predicted octanol–water partition coefficient (Wildman–Crippen LogP) is 1.44. The first-order valence-electron chi connectivity index (χ1n) is 7.11. The summed E-state index contributed by atoms with van der Waals surface area (Å²) in [7, 11) is 0. The van der Waals surface area contributed by atoms with Gasteiger partial charge in [-0.25, -0.2) is 0 Å². The molecule has 2 fully saturated rings. The minimum Gasteiger partial charge on any atom is -0.337 e. The molecule has 1 amide bonds. The van der Waals surface area contributed by atoms with Crippen LogP contribution >= 0.6 is 0 Å². The van der Waals surface area contributed by atoms with Crippen molar-refractivity contribution in [3.05, 3.63) is 0 Å². The molecule has 0 spiro atoms. The molecule has 4 heteroatoms. The maximum atomic E-state index is 12.1. The van der Waals surface area contributed by atoms with Gasteiger partial charge in [-0.05, 0) is 33.2 Å². The van der Waals surface area contributed by atoms with Crippen molar-refractivity contribution in [2.45, 2.75) is 58.0 Å². The van der Waals surface area contributed by atoms with Crippen LogP contribution in [0.15, 0.2) is 0 Å². The molecule has 2 atom stereocenters. The van der Waals surface area contributed by atoms with Crippen LogP contribution in [0.5, 0.6) is 0 Å². The fourth-order valence-electron chi connectivity index (χ4n) is 3.13. The molecule has 18 heavy (non-hydrogen) atoms. The summed E-state index contributed by atoms with van der Waals surface area (Å²) < 4.78 is 0. The molecule has 0 aromatic heterocycles. The molecule has 0 aromatic carbocycles. The third kappa shape index (κ3) is 3.10. The highest BCUT2D eigenvalue weighted by Gasteiger charge is 2.34. The standard InChI is InChI=1S/C14H24N2O2/c1-11-9-15-8-4-3-5-13(15)10-16(11)14(18)7-6-12(2)17/h11,13H,3-10H2,1-2H3. The Hall–Kier alpha value is -0.900. The zero-order chi connectivity index (χ0) is 13.1. The van der Waals surface area contributed by atoms with E-state index in [-0.39, 0.29) is 11.7 Å². The molecule has 0 aliphatic carbocycles. The lowest BCUT2D eigenvalue weighted by Crippen LogP contribution is -2.60. The van der Waals surface area contributed by atoms with Gasteiger partial charge in [0.05, 0.1) is 0 Å². The van der Waals surface area contributed by atoms with Gasteiger partial charge in [0.15, 0.2) is 0 Å².